The molecule has 116 valence electrons. The van der Waals surface area contributed by atoms with Crippen LogP contribution in [0.2, 0.25) is 0 Å². The predicted molar refractivity (Wildman–Crippen MR) is 80.1 cm³/mol. The Hall–Kier alpha value is -1.10. The van der Waals surface area contributed by atoms with E-state index in [0.717, 1.165) is 45.2 Å². The summed E-state index contributed by atoms with van der Waals surface area (Å²) in [6, 6.07) is -0.415. The summed E-state index contributed by atoms with van der Waals surface area (Å²) in [4.78, 5) is 26.0. The molecule has 0 bridgehead atoms. The minimum atomic E-state index is -0.415. The van der Waals surface area contributed by atoms with Gasteiger partial charge in [0.05, 0.1) is 12.0 Å². The van der Waals surface area contributed by atoms with Crippen molar-refractivity contribution >= 4 is 11.8 Å². The zero-order valence-corrected chi connectivity index (χ0v) is 12.9. The van der Waals surface area contributed by atoms with Gasteiger partial charge in [-0.15, -0.1) is 0 Å². The second-order valence-electron chi connectivity index (χ2n) is 5.66. The molecule has 1 fully saturated rings. The van der Waals surface area contributed by atoms with E-state index < -0.39 is 6.04 Å². The number of carbonyl (C=O) groups excluding carboxylic acids is 2. The van der Waals surface area contributed by atoms with Crippen LogP contribution in [0.25, 0.3) is 0 Å². The van der Waals surface area contributed by atoms with E-state index in [-0.39, 0.29) is 17.7 Å². The van der Waals surface area contributed by atoms with Crippen LogP contribution in [-0.4, -0.2) is 42.4 Å². The van der Waals surface area contributed by atoms with Gasteiger partial charge >= 0.3 is 0 Å². The van der Waals surface area contributed by atoms with Crippen LogP contribution in [0, 0.1) is 5.92 Å². The summed E-state index contributed by atoms with van der Waals surface area (Å²) in [6.07, 6.45) is 5.44. The van der Waals surface area contributed by atoms with Crippen molar-refractivity contribution in [1.29, 1.82) is 0 Å². The molecule has 20 heavy (non-hydrogen) atoms. The quantitative estimate of drug-likeness (QED) is 0.691. The second kappa shape index (κ2) is 8.95. The maximum Gasteiger partial charge on any atom is 0.239 e. The number of piperidine rings is 1. The van der Waals surface area contributed by atoms with Crippen molar-refractivity contribution in [2.24, 2.45) is 11.7 Å². The first kappa shape index (κ1) is 17.0. The molecule has 0 spiro atoms. The number of likely N-dealkylation sites (tertiary alicyclic amines) is 1. The van der Waals surface area contributed by atoms with E-state index >= 15 is 0 Å². The molecule has 2 unspecified atom stereocenters. The first-order valence-electron chi connectivity index (χ1n) is 7.92. The van der Waals surface area contributed by atoms with Gasteiger partial charge in [-0.25, -0.2) is 0 Å². The van der Waals surface area contributed by atoms with Crippen LogP contribution in [0.3, 0.4) is 0 Å². The van der Waals surface area contributed by atoms with E-state index in [0.29, 0.717) is 13.0 Å². The molecule has 2 amide bonds. The van der Waals surface area contributed by atoms with Crippen LogP contribution in [0.15, 0.2) is 0 Å². The highest BCUT2D eigenvalue weighted by Gasteiger charge is 2.30. The molecular weight excluding hydrogens is 254 g/mol. The fourth-order valence-corrected chi connectivity index (χ4v) is 2.59. The number of nitrogens with two attached hydrogens (primary N) is 1. The monoisotopic (exact) mass is 283 g/mol. The Morgan fingerprint density at radius 3 is 2.75 bits per heavy atom. The van der Waals surface area contributed by atoms with Crippen molar-refractivity contribution in [3.8, 4) is 0 Å². The Kier molecular flexibility index (Phi) is 7.59. The number of nitrogens with one attached hydrogen (secondary N) is 1. The van der Waals surface area contributed by atoms with Crippen LogP contribution in [-0.2, 0) is 9.59 Å². The van der Waals surface area contributed by atoms with Crippen molar-refractivity contribution in [3.63, 3.8) is 0 Å². The molecule has 1 heterocycles. The van der Waals surface area contributed by atoms with Gasteiger partial charge in [-0.1, -0.05) is 26.7 Å². The molecule has 0 saturated carbocycles. The van der Waals surface area contributed by atoms with E-state index in [1.54, 1.807) is 4.90 Å². The van der Waals surface area contributed by atoms with Gasteiger partial charge in [0.2, 0.25) is 11.8 Å². The standard InChI is InChI=1S/C15H29N3O2/c1-3-5-9-17-14(19)12-8-6-10-18(11-12)15(20)13(16)7-4-2/h12-13H,3-11,16H2,1-2H3,(H,17,19). The zero-order valence-electron chi connectivity index (χ0n) is 12.9. The van der Waals surface area contributed by atoms with Gasteiger partial charge in [0.15, 0.2) is 0 Å². The number of nitrogens with zero attached hydrogens (tertiary/aromatic N) is 1. The number of hydrogen-bond donors (Lipinski definition) is 2. The van der Waals surface area contributed by atoms with Gasteiger partial charge in [0, 0.05) is 19.6 Å². The Labute approximate surface area is 122 Å². The summed E-state index contributed by atoms with van der Waals surface area (Å²) >= 11 is 0. The predicted octanol–water partition coefficient (Wildman–Crippen LogP) is 1.27. The third-order valence-corrected chi connectivity index (χ3v) is 3.85. The van der Waals surface area contributed by atoms with Gasteiger partial charge in [-0.3, -0.25) is 9.59 Å². The lowest BCUT2D eigenvalue weighted by atomic mass is 9.96. The zero-order chi connectivity index (χ0) is 15.0. The van der Waals surface area contributed by atoms with E-state index in [1.807, 2.05) is 6.92 Å². The number of carbonyl (C=O) groups is 2. The smallest absolute Gasteiger partial charge is 0.239 e. The Morgan fingerprint density at radius 2 is 2.10 bits per heavy atom. The summed E-state index contributed by atoms with van der Waals surface area (Å²) < 4.78 is 0. The maximum absolute atomic E-state index is 12.2. The topological polar surface area (TPSA) is 75.4 Å². The average molecular weight is 283 g/mol. The molecule has 0 aromatic rings. The molecule has 1 aliphatic heterocycles. The largest absolute Gasteiger partial charge is 0.356 e. The van der Waals surface area contributed by atoms with Crippen LogP contribution in [0.1, 0.15) is 52.4 Å². The third-order valence-electron chi connectivity index (χ3n) is 3.85. The van der Waals surface area contributed by atoms with Crippen LogP contribution in [0.4, 0.5) is 0 Å². The highest BCUT2D eigenvalue weighted by atomic mass is 16.2. The van der Waals surface area contributed by atoms with E-state index in [9.17, 15) is 9.59 Å². The van der Waals surface area contributed by atoms with E-state index in [4.69, 9.17) is 5.73 Å². The van der Waals surface area contributed by atoms with Crippen molar-refractivity contribution < 1.29 is 9.59 Å². The lowest BCUT2D eigenvalue weighted by molar-refractivity contribution is -0.137. The van der Waals surface area contributed by atoms with Crippen LogP contribution < -0.4 is 11.1 Å². The molecule has 5 heteroatoms. The molecule has 1 saturated heterocycles. The van der Waals surface area contributed by atoms with Gasteiger partial charge < -0.3 is 16.0 Å². The normalized spacial score (nSPS) is 20.6. The number of rotatable bonds is 7. The summed E-state index contributed by atoms with van der Waals surface area (Å²) in [5, 5.41) is 2.96. The molecule has 1 aliphatic rings. The number of hydrogen-bond acceptors (Lipinski definition) is 3. The van der Waals surface area contributed by atoms with Gasteiger partial charge in [-0.2, -0.15) is 0 Å². The first-order chi connectivity index (χ1) is 9.60. The highest BCUT2D eigenvalue weighted by Crippen LogP contribution is 2.18. The van der Waals surface area contributed by atoms with Crippen molar-refractivity contribution in [2.45, 2.75) is 58.4 Å². The fraction of sp³-hybridized carbons (Fsp3) is 0.867. The SMILES string of the molecule is CCCCNC(=O)C1CCCN(C(=O)C(N)CCC)C1. The Bertz CT molecular complexity index is 320. The Balaban J connectivity index is 2.45. The van der Waals surface area contributed by atoms with Crippen LogP contribution in [0.5, 0.6) is 0 Å². The molecule has 0 aliphatic carbocycles. The average Bonchev–Trinajstić information content (AvgIpc) is 2.47. The molecule has 0 radical (unpaired) electrons. The summed E-state index contributed by atoms with van der Waals surface area (Å²) in [5.41, 5.74) is 5.89. The van der Waals surface area contributed by atoms with Crippen LogP contribution >= 0.6 is 0 Å². The summed E-state index contributed by atoms with van der Waals surface area (Å²) in [7, 11) is 0. The molecule has 1 rings (SSSR count). The maximum atomic E-state index is 12.2. The van der Waals surface area contributed by atoms with E-state index in [1.165, 1.54) is 0 Å². The third kappa shape index (κ3) is 5.12. The number of amides is 2. The molecule has 2 atom stereocenters. The highest BCUT2D eigenvalue weighted by molar-refractivity contribution is 5.83. The second-order valence-corrected chi connectivity index (χ2v) is 5.66. The van der Waals surface area contributed by atoms with Crippen molar-refractivity contribution in [2.75, 3.05) is 19.6 Å². The lowest BCUT2D eigenvalue weighted by Gasteiger charge is -2.33. The molecule has 0 aromatic heterocycles. The molecule has 5 nitrogen and oxygen atoms in total. The fourth-order valence-electron chi connectivity index (χ4n) is 2.59. The minimum Gasteiger partial charge on any atom is -0.356 e. The van der Waals surface area contributed by atoms with Crippen molar-refractivity contribution in [3.05, 3.63) is 0 Å². The van der Waals surface area contributed by atoms with Gasteiger partial charge in [0.1, 0.15) is 0 Å². The summed E-state index contributed by atoms with van der Waals surface area (Å²) in [5.74, 6) is 0.0105. The van der Waals surface area contributed by atoms with E-state index in [2.05, 4.69) is 12.2 Å². The molecular formula is C15H29N3O2. The van der Waals surface area contributed by atoms with Gasteiger partial charge in [0.25, 0.3) is 0 Å². The summed E-state index contributed by atoms with van der Waals surface area (Å²) in [6.45, 7) is 6.11. The first-order valence-corrected chi connectivity index (χ1v) is 7.92. The molecule has 3 N–H and O–H groups in total. The minimum absolute atomic E-state index is 0.00194. The van der Waals surface area contributed by atoms with Crippen molar-refractivity contribution in [1.82, 2.24) is 10.2 Å². The molecule has 0 aromatic carbocycles. The Morgan fingerprint density at radius 1 is 1.35 bits per heavy atom. The lowest BCUT2D eigenvalue weighted by Crippen LogP contribution is -2.50. The number of unbranched alkanes of at least 4 members (excludes halogenated alkanes) is 1. The van der Waals surface area contributed by atoms with Gasteiger partial charge in [-0.05, 0) is 25.7 Å².